The molecule has 0 spiro atoms. The van der Waals surface area contributed by atoms with Crippen LogP contribution in [-0.2, 0) is 9.59 Å². The van der Waals surface area contributed by atoms with Gasteiger partial charge in [0.15, 0.2) is 0 Å². The fourth-order valence-electron chi connectivity index (χ4n) is 4.41. The number of phenolic OH excluding ortho intramolecular Hbond substituents is 1. The second-order valence-corrected chi connectivity index (χ2v) is 10.1. The molecule has 2 N–H and O–H groups in total. The molecule has 1 fully saturated rings. The van der Waals surface area contributed by atoms with E-state index >= 15 is 0 Å². The highest BCUT2D eigenvalue weighted by Gasteiger charge is 2.47. The van der Waals surface area contributed by atoms with Crippen molar-refractivity contribution < 1.29 is 29.3 Å². The Kier molecular flexibility index (Phi) is 7.76. The van der Waals surface area contributed by atoms with Crippen LogP contribution in [0.3, 0.4) is 0 Å². The number of anilines is 1. The van der Waals surface area contributed by atoms with E-state index in [0.29, 0.717) is 40.8 Å². The molecular formula is C31H33NO6. The quantitative estimate of drug-likeness (QED) is 0.212. The lowest BCUT2D eigenvalue weighted by atomic mass is 9.94. The SMILES string of the molecule is Cc1cc(/C(O)=C2/C(=O)C(=O)N(c3ccc(OCC(C)C)cc3)C2c2cccc(O)c2)ccc1OC(C)C. The Morgan fingerprint density at radius 2 is 1.68 bits per heavy atom. The number of hydrogen-bond acceptors (Lipinski definition) is 6. The molecule has 7 nitrogen and oxygen atoms in total. The Hall–Kier alpha value is -4.26. The van der Waals surface area contributed by atoms with E-state index in [1.165, 1.54) is 17.0 Å². The third-order valence-corrected chi connectivity index (χ3v) is 6.14. The first-order valence-corrected chi connectivity index (χ1v) is 12.7. The molecule has 1 amide bonds. The predicted molar refractivity (Wildman–Crippen MR) is 147 cm³/mol. The van der Waals surface area contributed by atoms with Crippen molar-refractivity contribution >= 4 is 23.1 Å². The average molecular weight is 516 g/mol. The third kappa shape index (κ3) is 5.52. The molecule has 3 aromatic rings. The van der Waals surface area contributed by atoms with E-state index in [1.54, 1.807) is 54.6 Å². The van der Waals surface area contributed by atoms with Crippen molar-refractivity contribution in [3.63, 3.8) is 0 Å². The van der Waals surface area contributed by atoms with Gasteiger partial charge in [-0.15, -0.1) is 0 Å². The zero-order valence-corrected chi connectivity index (χ0v) is 22.3. The number of aromatic hydroxyl groups is 1. The predicted octanol–water partition coefficient (Wildman–Crippen LogP) is 6.15. The van der Waals surface area contributed by atoms with E-state index in [1.807, 2.05) is 20.8 Å². The first kappa shape index (κ1) is 26.8. The summed E-state index contributed by atoms with van der Waals surface area (Å²) in [6.45, 7) is 10.3. The lowest BCUT2D eigenvalue weighted by molar-refractivity contribution is -0.132. The summed E-state index contributed by atoms with van der Waals surface area (Å²) in [5.41, 5.74) is 2.07. The van der Waals surface area contributed by atoms with Crippen molar-refractivity contribution in [2.75, 3.05) is 11.5 Å². The number of ketones is 1. The molecule has 0 saturated carbocycles. The highest BCUT2D eigenvalue weighted by Crippen LogP contribution is 2.43. The summed E-state index contributed by atoms with van der Waals surface area (Å²) in [4.78, 5) is 28.1. The monoisotopic (exact) mass is 515 g/mol. The van der Waals surface area contributed by atoms with Crippen molar-refractivity contribution in [2.45, 2.75) is 46.8 Å². The minimum atomic E-state index is -0.948. The topological polar surface area (TPSA) is 96.3 Å². The summed E-state index contributed by atoms with van der Waals surface area (Å²) in [6.07, 6.45) is -0.0219. The fourth-order valence-corrected chi connectivity index (χ4v) is 4.41. The van der Waals surface area contributed by atoms with Gasteiger partial charge in [0.05, 0.1) is 24.3 Å². The maximum atomic E-state index is 13.4. The third-order valence-electron chi connectivity index (χ3n) is 6.14. The standard InChI is InChI=1S/C31H33NO6/c1-18(2)17-37-25-12-10-23(11-13-25)32-28(21-7-6-8-24(33)16-21)27(30(35)31(32)36)29(34)22-9-14-26(20(5)15-22)38-19(3)4/h6-16,18-19,28,33-34H,17H2,1-5H3/b29-27-. The second kappa shape index (κ2) is 11.0. The fraction of sp³-hybridized carbons (Fsp3) is 0.290. The van der Waals surface area contributed by atoms with Gasteiger partial charge >= 0.3 is 0 Å². The number of carbonyl (C=O) groups is 2. The van der Waals surface area contributed by atoms with Gasteiger partial charge in [0, 0.05) is 11.3 Å². The van der Waals surface area contributed by atoms with Crippen LogP contribution in [-0.4, -0.2) is 34.6 Å². The Labute approximate surface area is 222 Å². The number of carbonyl (C=O) groups excluding carboxylic acids is 2. The Balaban J connectivity index is 1.81. The summed E-state index contributed by atoms with van der Waals surface area (Å²) < 4.78 is 11.6. The molecule has 4 rings (SSSR count). The number of ether oxygens (including phenoxy) is 2. The van der Waals surface area contributed by atoms with Gasteiger partial charge < -0.3 is 19.7 Å². The smallest absolute Gasteiger partial charge is 0.300 e. The van der Waals surface area contributed by atoms with Crippen molar-refractivity contribution in [1.82, 2.24) is 0 Å². The van der Waals surface area contributed by atoms with Gasteiger partial charge in [-0.25, -0.2) is 0 Å². The number of aliphatic hydroxyl groups is 1. The molecule has 0 aliphatic carbocycles. The number of Topliss-reactive ketones (excluding diaryl/α,β-unsaturated/α-hetero) is 1. The lowest BCUT2D eigenvalue weighted by Crippen LogP contribution is -2.29. The molecule has 0 aromatic heterocycles. The number of benzene rings is 3. The Morgan fingerprint density at radius 3 is 2.29 bits per heavy atom. The van der Waals surface area contributed by atoms with Gasteiger partial charge in [-0.3, -0.25) is 14.5 Å². The maximum absolute atomic E-state index is 13.4. The number of nitrogens with zero attached hydrogens (tertiary/aromatic N) is 1. The van der Waals surface area contributed by atoms with Gasteiger partial charge in [-0.05, 0) is 92.4 Å². The highest BCUT2D eigenvalue weighted by atomic mass is 16.5. The second-order valence-electron chi connectivity index (χ2n) is 10.1. The number of rotatable bonds is 8. The average Bonchev–Trinajstić information content (AvgIpc) is 3.14. The summed E-state index contributed by atoms with van der Waals surface area (Å²) in [7, 11) is 0. The van der Waals surface area contributed by atoms with Gasteiger partial charge in [0.1, 0.15) is 23.0 Å². The van der Waals surface area contributed by atoms with Crippen LogP contribution in [0.1, 0.15) is 50.4 Å². The number of aryl methyl sites for hydroxylation is 1. The minimum absolute atomic E-state index is 0.0171. The molecule has 1 heterocycles. The molecule has 3 aromatic carbocycles. The first-order chi connectivity index (χ1) is 18.1. The van der Waals surface area contributed by atoms with Crippen LogP contribution >= 0.6 is 0 Å². The molecule has 0 radical (unpaired) electrons. The van der Waals surface area contributed by atoms with Crippen LogP contribution in [0.25, 0.3) is 5.76 Å². The zero-order valence-electron chi connectivity index (χ0n) is 22.3. The van der Waals surface area contributed by atoms with Crippen LogP contribution in [0.4, 0.5) is 5.69 Å². The number of phenols is 1. The molecule has 1 aliphatic heterocycles. The van der Waals surface area contributed by atoms with Gasteiger partial charge in [-0.1, -0.05) is 26.0 Å². The van der Waals surface area contributed by atoms with E-state index < -0.39 is 17.7 Å². The van der Waals surface area contributed by atoms with Crippen molar-refractivity contribution in [2.24, 2.45) is 5.92 Å². The first-order valence-electron chi connectivity index (χ1n) is 12.7. The molecule has 1 unspecified atom stereocenters. The van der Waals surface area contributed by atoms with Gasteiger partial charge in [0.25, 0.3) is 11.7 Å². The summed E-state index contributed by atoms with van der Waals surface area (Å²) >= 11 is 0. The molecule has 38 heavy (non-hydrogen) atoms. The van der Waals surface area contributed by atoms with Crippen molar-refractivity contribution in [3.8, 4) is 17.2 Å². The highest BCUT2D eigenvalue weighted by molar-refractivity contribution is 6.51. The molecule has 1 aliphatic rings. The number of aliphatic hydroxyl groups excluding tert-OH is 1. The normalized spacial score (nSPS) is 16.9. The van der Waals surface area contributed by atoms with Crippen LogP contribution in [0.15, 0.2) is 72.3 Å². The lowest BCUT2D eigenvalue weighted by Gasteiger charge is -2.26. The largest absolute Gasteiger partial charge is 0.508 e. The summed E-state index contributed by atoms with van der Waals surface area (Å²) in [5, 5.41) is 21.6. The van der Waals surface area contributed by atoms with E-state index in [-0.39, 0.29) is 23.2 Å². The molecule has 0 bridgehead atoms. The summed E-state index contributed by atoms with van der Waals surface area (Å²) in [5.74, 6) is -0.225. The van der Waals surface area contributed by atoms with E-state index in [9.17, 15) is 19.8 Å². The van der Waals surface area contributed by atoms with E-state index in [4.69, 9.17) is 9.47 Å². The molecular weight excluding hydrogens is 482 g/mol. The van der Waals surface area contributed by atoms with Crippen LogP contribution in [0, 0.1) is 12.8 Å². The van der Waals surface area contributed by atoms with Crippen LogP contribution in [0.5, 0.6) is 17.2 Å². The van der Waals surface area contributed by atoms with Crippen molar-refractivity contribution in [1.29, 1.82) is 0 Å². The molecule has 7 heteroatoms. The van der Waals surface area contributed by atoms with Crippen LogP contribution in [0.2, 0.25) is 0 Å². The maximum Gasteiger partial charge on any atom is 0.300 e. The molecule has 1 atom stereocenters. The minimum Gasteiger partial charge on any atom is -0.508 e. The molecule has 1 saturated heterocycles. The van der Waals surface area contributed by atoms with Gasteiger partial charge in [-0.2, -0.15) is 0 Å². The Morgan fingerprint density at radius 1 is 0.974 bits per heavy atom. The Bertz CT molecular complexity index is 1370. The summed E-state index contributed by atoms with van der Waals surface area (Å²) in [6, 6.07) is 17.4. The zero-order chi connectivity index (χ0) is 27.6. The van der Waals surface area contributed by atoms with Crippen molar-refractivity contribution in [3.05, 3.63) is 89.0 Å². The number of amides is 1. The van der Waals surface area contributed by atoms with E-state index in [0.717, 1.165) is 5.56 Å². The van der Waals surface area contributed by atoms with Crippen LogP contribution < -0.4 is 14.4 Å². The van der Waals surface area contributed by atoms with E-state index in [2.05, 4.69) is 13.8 Å². The number of hydrogen-bond donors (Lipinski definition) is 2. The van der Waals surface area contributed by atoms with Gasteiger partial charge in [0.2, 0.25) is 0 Å². The molecule has 198 valence electrons.